The summed E-state index contributed by atoms with van der Waals surface area (Å²) in [6, 6.07) is 19.0. The van der Waals surface area contributed by atoms with E-state index in [9.17, 15) is 13.2 Å². The molecule has 7 heteroatoms. The van der Waals surface area contributed by atoms with Gasteiger partial charge < -0.3 is 9.47 Å². The maximum atomic E-state index is 13.2. The molecule has 32 heavy (non-hydrogen) atoms. The number of rotatable bonds is 6. The van der Waals surface area contributed by atoms with Gasteiger partial charge in [-0.2, -0.15) is 0 Å². The second kappa shape index (κ2) is 8.51. The molecule has 0 aliphatic heterocycles. The fourth-order valence-electron chi connectivity index (χ4n) is 3.62. The highest BCUT2D eigenvalue weighted by Gasteiger charge is 2.24. The minimum absolute atomic E-state index is 0.164. The van der Waals surface area contributed by atoms with Crippen LogP contribution in [0.5, 0.6) is 11.5 Å². The number of methoxy groups -OCH3 is 1. The van der Waals surface area contributed by atoms with E-state index in [1.165, 1.54) is 17.3 Å². The van der Waals surface area contributed by atoms with Gasteiger partial charge in [0.25, 0.3) is 10.0 Å². The number of benzene rings is 3. The fourth-order valence-corrected chi connectivity index (χ4v) is 4.96. The molecule has 0 saturated carbocycles. The Morgan fingerprint density at radius 2 is 1.66 bits per heavy atom. The number of fused-ring (bicyclic) bond motifs is 1. The summed E-state index contributed by atoms with van der Waals surface area (Å²) in [7, 11) is -2.56. The third kappa shape index (κ3) is 3.76. The maximum Gasteiger partial charge on any atom is 0.342 e. The molecule has 1 heterocycles. The van der Waals surface area contributed by atoms with Crippen LogP contribution in [0.25, 0.3) is 10.9 Å². The summed E-state index contributed by atoms with van der Waals surface area (Å²) in [4.78, 5) is 12.9. The van der Waals surface area contributed by atoms with E-state index in [2.05, 4.69) is 0 Å². The van der Waals surface area contributed by atoms with E-state index in [-0.39, 0.29) is 10.5 Å². The number of carbonyl (C=O) groups excluding carboxylic acids is 1. The van der Waals surface area contributed by atoms with Crippen LogP contribution in [0, 0.1) is 6.92 Å². The summed E-state index contributed by atoms with van der Waals surface area (Å²) < 4.78 is 38.8. The molecule has 0 unspecified atom stereocenters. The van der Waals surface area contributed by atoms with E-state index >= 15 is 0 Å². The predicted molar refractivity (Wildman–Crippen MR) is 123 cm³/mol. The third-order valence-electron chi connectivity index (χ3n) is 5.34. The molecule has 1 aromatic heterocycles. The van der Waals surface area contributed by atoms with Crippen LogP contribution in [0.3, 0.4) is 0 Å². The first-order valence-corrected chi connectivity index (χ1v) is 11.6. The van der Waals surface area contributed by atoms with Gasteiger partial charge in [-0.15, -0.1) is 0 Å². The Kier molecular flexibility index (Phi) is 5.76. The number of aryl methyl sites for hydroxylation is 2. The van der Waals surface area contributed by atoms with Gasteiger partial charge in [-0.3, -0.25) is 0 Å². The molecule has 0 aliphatic rings. The predicted octanol–water partition coefficient (Wildman–Crippen LogP) is 5.33. The monoisotopic (exact) mass is 449 g/mol. The third-order valence-corrected chi connectivity index (χ3v) is 7.04. The molecular weight excluding hydrogens is 426 g/mol. The molecule has 0 atom stereocenters. The van der Waals surface area contributed by atoms with Crippen molar-refractivity contribution in [3.05, 3.63) is 89.6 Å². The summed E-state index contributed by atoms with van der Waals surface area (Å²) in [5.41, 5.74) is 2.49. The molecule has 4 aromatic rings. The zero-order valence-electron chi connectivity index (χ0n) is 18.0. The molecule has 0 amide bonds. The molecule has 0 bridgehead atoms. The van der Waals surface area contributed by atoms with Gasteiger partial charge in [0.05, 0.1) is 17.5 Å². The number of para-hydroxylation sites is 1. The average molecular weight is 450 g/mol. The first-order valence-electron chi connectivity index (χ1n) is 10.2. The molecule has 4 rings (SSSR count). The van der Waals surface area contributed by atoms with E-state index in [1.54, 1.807) is 42.5 Å². The van der Waals surface area contributed by atoms with E-state index < -0.39 is 16.0 Å². The number of hydrogen-bond donors (Lipinski definition) is 0. The SMILES string of the molecule is CCc1ccccc1Oc1ccc2c(ccn2S(=O)(=O)c2ccc(C)cc2)c1C(=O)OC. The Balaban J connectivity index is 1.87. The lowest BCUT2D eigenvalue weighted by Gasteiger charge is -2.14. The first-order chi connectivity index (χ1) is 15.4. The van der Waals surface area contributed by atoms with Gasteiger partial charge in [0.2, 0.25) is 0 Å². The molecule has 0 saturated heterocycles. The molecule has 3 aromatic carbocycles. The molecule has 6 nitrogen and oxygen atoms in total. The van der Waals surface area contributed by atoms with E-state index in [0.717, 1.165) is 17.5 Å². The molecule has 0 N–H and O–H groups in total. The highest BCUT2D eigenvalue weighted by molar-refractivity contribution is 7.90. The minimum Gasteiger partial charge on any atom is -0.465 e. The van der Waals surface area contributed by atoms with Crippen molar-refractivity contribution in [3.8, 4) is 11.5 Å². The van der Waals surface area contributed by atoms with E-state index in [4.69, 9.17) is 9.47 Å². The lowest BCUT2D eigenvalue weighted by molar-refractivity contribution is 0.0600. The largest absolute Gasteiger partial charge is 0.465 e. The van der Waals surface area contributed by atoms with Gasteiger partial charge in [-0.25, -0.2) is 17.2 Å². The van der Waals surface area contributed by atoms with Crippen LogP contribution in [0.15, 0.2) is 77.8 Å². The quantitative estimate of drug-likeness (QED) is 0.372. The Bertz CT molecular complexity index is 1400. The molecule has 0 spiro atoms. The Hall–Kier alpha value is -3.58. The second-order valence-electron chi connectivity index (χ2n) is 7.36. The number of aromatic nitrogens is 1. The summed E-state index contributed by atoms with van der Waals surface area (Å²) in [6.45, 7) is 3.91. The smallest absolute Gasteiger partial charge is 0.342 e. The lowest BCUT2D eigenvalue weighted by atomic mass is 10.1. The van der Waals surface area contributed by atoms with Gasteiger partial charge in [-0.1, -0.05) is 42.8 Å². The number of ether oxygens (including phenoxy) is 2. The molecular formula is C25H23NO5S. The van der Waals surface area contributed by atoms with Crippen molar-refractivity contribution in [3.63, 3.8) is 0 Å². The standard InChI is InChI=1S/C25H23NO5S/c1-4-18-7-5-6-8-22(18)31-23-14-13-21-20(24(23)25(27)30-3)15-16-26(21)32(28,29)19-11-9-17(2)10-12-19/h5-16H,4H2,1-3H3. The highest BCUT2D eigenvalue weighted by atomic mass is 32.2. The Labute approximate surface area is 187 Å². The zero-order chi connectivity index (χ0) is 22.9. The van der Waals surface area contributed by atoms with Gasteiger partial charge in [0.1, 0.15) is 17.1 Å². The van der Waals surface area contributed by atoms with E-state index in [0.29, 0.717) is 22.4 Å². The highest BCUT2D eigenvalue weighted by Crippen LogP contribution is 2.35. The van der Waals surface area contributed by atoms with Crippen LogP contribution in [-0.4, -0.2) is 25.5 Å². The summed E-state index contributed by atoms with van der Waals surface area (Å²) in [5.74, 6) is 0.326. The summed E-state index contributed by atoms with van der Waals surface area (Å²) in [5, 5.41) is 0.430. The van der Waals surface area contributed by atoms with Crippen LogP contribution < -0.4 is 4.74 Å². The Morgan fingerprint density at radius 1 is 0.938 bits per heavy atom. The first kappa shape index (κ1) is 21.6. The van der Waals surface area contributed by atoms with Crippen molar-refractivity contribution in [1.82, 2.24) is 3.97 Å². The Morgan fingerprint density at radius 3 is 2.34 bits per heavy atom. The summed E-state index contributed by atoms with van der Waals surface area (Å²) >= 11 is 0. The summed E-state index contributed by atoms with van der Waals surface area (Å²) in [6.07, 6.45) is 2.20. The maximum absolute atomic E-state index is 13.2. The molecule has 0 aliphatic carbocycles. The number of hydrogen-bond acceptors (Lipinski definition) is 5. The topological polar surface area (TPSA) is 74.6 Å². The van der Waals surface area contributed by atoms with Gasteiger partial charge in [0.15, 0.2) is 0 Å². The van der Waals surface area contributed by atoms with Crippen LogP contribution >= 0.6 is 0 Å². The van der Waals surface area contributed by atoms with Crippen LogP contribution in [0.2, 0.25) is 0 Å². The van der Waals surface area contributed by atoms with Crippen molar-refractivity contribution in [1.29, 1.82) is 0 Å². The van der Waals surface area contributed by atoms with Crippen molar-refractivity contribution in [2.24, 2.45) is 0 Å². The minimum atomic E-state index is -3.85. The lowest BCUT2D eigenvalue weighted by Crippen LogP contribution is -2.12. The van der Waals surface area contributed by atoms with Gasteiger partial charge in [-0.05, 0) is 55.3 Å². The van der Waals surface area contributed by atoms with Gasteiger partial charge in [0, 0.05) is 11.6 Å². The zero-order valence-corrected chi connectivity index (χ0v) is 18.8. The normalized spacial score (nSPS) is 11.5. The number of esters is 1. The van der Waals surface area contributed by atoms with Crippen molar-refractivity contribution >= 4 is 26.9 Å². The average Bonchev–Trinajstić information content (AvgIpc) is 3.24. The van der Waals surface area contributed by atoms with Crippen molar-refractivity contribution < 1.29 is 22.7 Å². The molecule has 164 valence electrons. The van der Waals surface area contributed by atoms with E-state index in [1.807, 2.05) is 38.1 Å². The van der Waals surface area contributed by atoms with Crippen molar-refractivity contribution in [2.45, 2.75) is 25.2 Å². The van der Waals surface area contributed by atoms with Crippen molar-refractivity contribution in [2.75, 3.05) is 7.11 Å². The van der Waals surface area contributed by atoms with Crippen LogP contribution in [0.4, 0.5) is 0 Å². The molecule has 0 fully saturated rings. The number of carbonyl (C=O) groups is 1. The van der Waals surface area contributed by atoms with Crippen LogP contribution in [0.1, 0.15) is 28.4 Å². The number of nitrogens with zero attached hydrogens (tertiary/aromatic N) is 1. The molecule has 0 radical (unpaired) electrons. The van der Waals surface area contributed by atoms with Gasteiger partial charge >= 0.3 is 5.97 Å². The van der Waals surface area contributed by atoms with Crippen LogP contribution in [-0.2, 0) is 21.2 Å². The fraction of sp³-hybridized carbons (Fsp3) is 0.160. The second-order valence-corrected chi connectivity index (χ2v) is 9.17.